The summed E-state index contributed by atoms with van der Waals surface area (Å²) in [5.41, 5.74) is 6.29. The van der Waals surface area contributed by atoms with Gasteiger partial charge in [-0.3, -0.25) is 0 Å². The van der Waals surface area contributed by atoms with Crippen molar-refractivity contribution in [2.75, 3.05) is 19.6 Å². The number of hydrogen-bond donors (Lipinski definition) is 1. The lowest BCUT2D eigenvalue weighted by Crippen LogP contribution is -2.31. The maximum absolute atomic E-state index is 13.7. The molecule has 0 aliphatic carbocycles. The van der Waals surface area contributed by atoms with E-state index in [1.165, 1.54) is 6.07 Å². The molecule has 19 heavy (non-hydrogen) atoms. The quantitative estimate of drug-likeness (QED) is 0.909. The van der Waals surface area contributed by atoms with E-state index in [2.05, 4.69) is 18.7 Å². The van der Waals surface area contributed by atoms with Crippen molar-refractivity contribution >= 4 is 0 Å². The molecule has 0 aromatic heterocycles. The lowest BCUT2D eigenvalue weighted by Gasteiger charge is -2.22. The maximum atomic E-state index is 13.7. The highest BCUT2D eigenvalue weighted by Gasteiger charge is 2.26. The summed E-state index contributed by atoms with van der Waals surface area (Å²) >= 11 is 0. The molecule has 1 fully saturated rings. The first-order valence-electron chi connectivity index (χ1n) is 6.91. The topological polar surface area (TPSA) is 29.3 Å². The molecule has 1 heterocycles. The lowest BCUT2D eigenvalue weighted by atomic mass is 9.95. The molecule has 106 valence electrons. The summed E-state index contributed by atoms with van der Waals surface area (Å²) in [4.78, 5) is 2.25. The molecule has 0 amide bonds. The number of likely N-dealkylation sites (tertiary alicyclic amines) is 1. The zero-order valence-corrected chi connectivity index (χ0v) is 11.6. The molecule has 1 aliphatic rings. The molecule has 0 saturated carbocycles. The van der Waals surface area contributed by atoms with Crippen LogP contribution in [0.25, 0.3) is 0 Å². The third-order valence-corrected chi connectivity index (χ3v) is 4.09. The van der Waals surface area contributed by atoms with Crippen LogP contribution in [0.3, 0.4) is 0 Å². The van der Waals surface area contributed by atoms with E-state index in [1.54, 1.807) is 6.07 Å². The van der Waals surface area contributed by atoms with Gasteiger partial charge >= 0.3 is 0 Å². The molecule has 4 heteroatoms. The second-order valence-electron chi connectivity index (χ2n) is 5.80. The van der Waals surface area contributed by atoms with Gasteiger partial charge in [-0.05, 0) is 30.9 Å². The van der Waals surface area contributed by atoms with Crippen LogP contribution in [0.2, 0.25) is 0 Å². The zero-order valence-electron chi connectivity index (χ0n) is 11.6. The fraction of sp³-hybridized carbons (Fsp3) is 0.600. The van der Waals surface area contributed by atoms with Crippen LogP contribution >= 0.6 is 0 Å². The van der Waals surface area contributed by atoms with Crippen LogP contribution in [0.15, 0.2) is 18.2 Å². The Bertz CT molecular complexity index is 434. The largest absolute Gasteiger partial charge is 0.323 e. The van der Waals surface area contributed by atoms with E-state index in [4.69, 9.17) is 5.73 Å². The van der Waals surface area contributed by atoms with Crippen LogP contribution in [0.1, 0.15) is 31.9 Å². The first-order valence-corrected chi connectivity index (χ1v) is 6.91. The Hall–Kier alpha value is -1.00. The van der Waals surface area contributed by atoms with E-state index in [1.807, 2.05) is 0 Å². The summed E-state index contributed by atoms with van der Waals surface area (Å²) in [5.74, 6) is -0.291. The van der Waals surface area contributed by atoms with Gasteiger partial charge in [-0.2, -0.15) is 0 Å². The number of nitrogens with two attached hydrogens (primary N) is 1. The fourth-order valence-corrected chi connectivity index (χ4v) is 2.76. The Morgan fingerprint density at radius 3 is 2.74 bits per heavy atom. The summed E-state index contributed by atoms with van der Waals surface area (Å²) in [7, 11) is 0. The van der Waals surface area contributed by atoms with Crippen molar-refractivity contribution < 1.29 is 8.78 Å². The molecule has 0 bridgehead atoms. The van der Waals surface area contributed by atoms with Gasteiger partial charge in [0.15, 0.2) is 11.6 Å². The Morgan fingerprint density at radius 2 is 2.11 bits per heavy atom. The Balaban J connectivity index is 1.98. The molecule has 1 aromatic carbocycles. The van der Waals surface area contributed by atoms with Crippen LogP contribution in [0, 0.1) is 23.5 Å². The summed E-state index contributed by atoms with van der Waals surface area (Å²) in [6.07, 6.45) is 1.16. The Kier molecular flexibility index (Phi) is 4.53. The molecule has 1 aliphatic heterocycles. The zero-order chi connectivity index (χ0) is 14.0. The number of benzene rings is 1. The summed E-state index contributed by atoms with van der Waals surface area (Å²) < 4.78 is 26.8. The molecule has 0 spiro atoms. The predicted molar refractivity (Wildman–Crippen MR) is 72.7 cm³/mol. The van der Waals surface area contributed by atoms with E-state index in [0.717, 1.165) is 25.6 Å². The van der Waals surface area contributed by atoms with Crippen molar-refractivity contribution in [3.05, 3.63) is 35.4 Å². The van der Waals surface area contributed by atoms with Crippen LogP contribution in [-0.4, -0.2) is 24.5 Å². The number of rotatable bonds is 4. The molecule has 2 unspecified atom stereocenters. The second-order valence-corrected chi connectivity index (χ2v) is 5.80. The van der Waals surface area contributed by atoms with Gasteiger partial charge in [-0.25, -0.2) is 8.78 Å². The monoisotopic (exact) mass is 268 g/mol. The molecule has 1 aromatic rings. The maximum Gasteiger partial charge on any atom is 0.163 e. The molecule has 2 rings (SSSR count). The minimum Gasteiger partial charge on any atom is -0.323 e. The van der Waals surface area contributed by atoms with E-state index in [0.29, 0.717) is 18.4 Å². The van der Waals surface area contributed by atoms with Crippen molar-refractivity contribution in [1.82, 2.24) is 4.90 Å². The first-order chi connectivity index (χ1) is 8.99. The van der Waals surface area contributed by atoms with Crippen molar-refractivity contribution in [2.24, 2.45) is 17.6 Å². The van der Waals surface area contributed by atoms with Gasteiger partial charge in [0, 0.05) is 24.7 Å². The molecule has 2 N–H and O–H groups in total. The average molecular weight is 268 g/mol. The lowest BCUT2D eigenvalue weighted by molar-refractivity contribution is 0.284. The highest BCUT2D eigenvalue weighted by Crippen LogP contribution is 2.26. The van der Waals surface area contributed by atoms with E-state index < -0.39 is 17.7 Å². The van der Waals surface area contributed by atoms with E-state index in [9.17, 15) is 8.78 Å². The van der Waals surface area contributed by atoms with Gasteiger partial charge in [-0.15, -0.1) is 0 Å². The van der Waals surface area contributed by atoms with Crippen LogP contribution < -0.4 is 5.73 Å². The third kappa shape index (κ3) is 3.31. The van der Waals surface area contributed by atoms with Crippen molar-refractivity contribution in [1.29, 1.82) is 0 Å². The highest BCUT2D eigenvalue weighted by atomic mass is 19.2. The van der Waals surface area contributed by atoms with Crippen LogP contribution in [0.5, 0.6) is 0 Å². The minimum atomic E-state index is -0.825. The van der Waals surface area contributed by atoms with Gasteiger partial charge in [-0.1, -0.05) is 26.0 Å². The number of halogens is 2. The summed E-state index contributed by atoms with van der Waals surface area (Å²) in [6.45, 7) is 7.03. The van der Waals surface area contributed by atoms with Crippen molar-refractivity contribution in [2.45, 2.75) is 26.3 Å². The van der Waals surface area contributed by atoms with Gasteiger partial charge in [0.2, 0.25) is 0 Å². The normalized spacial score (nSPS) is 22.1. The molecule has 2 nitrogen and oxygen atoms in total. The third-order valence-electron chi connectivity index (χ3n) is 4.09. The molecular formula is C15H22F2N2. The average Bonchev–Trinajstić information content (AvgIpc) is 2.81. The molecule has 1 saturated heterocycles. The van der Waals surface area contributed by atoms with Gasteiger partial charge in [0.05, 0.1) is 0 Å². The van der Waals surface area contributed by atoms with Crippen molar-refractivity contribution in [3.63, 3.8) is 0 Å². The number of nitrogens with zero attached hydrogens (tertiary/aromatic N) is 1. The molecular weight excluding hydrogens is 246 g/mol. The Labute approximate surface area is 113 Å². The molecule has 2 atom stereocenters. The number of hydrogen-bond acceptors (Lipinski definition) is 2. The standard InChI is InChI=1S/C15H22F2N2/c1-10(2)11-6-7-19(8-11)9-14(18)12-4-3-5-13(16)15(12)17/h3-5,10-11,14H,6-9,18H2,1-2H3. The summed E-state index contributed by atoms with van der Waals surface area (Å²) in [6, 6.07) is 3.73. The SMILES string of the molecule is CC(C)C1CCN(CC(N)c2cccc(F)c2F)C1. The van der Waals surface area contributed by atoms with Crippen molar-refractivity contribution in [3.8, 4) is 0 Å². The summed E-state index contributed by atoms with van der Waals surface area (Å²) in [5, 5.41) is 0. The highest BCUT2D eigenvalue weighted by molar-refractivity contribution is 5.22. The second kappa shape index (κ2) is 5.97. The fourth-order valence-electron chi connectivity index (χ4n) is 2.76. The Morgan fingerprint density at radius 1 is 1.37 bits per heavy atom. The molecule has 0 radical (unpaired) electrons. The van der Waals surface area contributed by atoms with Gasteiger partial charge in [0.1, 0.15) is 0 Å². The predicted octanol–water partition coefficient (Wildman–Crippen LogP) is 2.94. The van der Waals surface area contributed by atoms with Crippen LogP contribution in [0.4, 0.5) is 8.78 Å². The smallest absolute Gasteiger partial charge is 0.163 e. The van der Waals surface area contributed by atoms with Crippen LogP contribution in [-0.2, 0) is 0 Å². The van der Waals surface area contributed by atoms with E-state index >= 15 is 0 Å². The minimum absolute atomic E-state index is 0.271. The first kappa shape index (κ1) is 14.4. The van der Waals surface area contributed by atoms with E-state index in [-0.39, 0.29) is 5.56 Å². The van der Waals surface area contributed by atoms with Gasteiger partial charge in [0.25, 0.3) is 0 Å². The van der Waals surface area contributed by atoms with Gasteiger partial charge < -0.3 is 10.6 Å².